The number of hydrogen-bond donors (Lipinski definition) is 3. The van der Waals surface area contributed by atoms with Crippen LogP contribution in [0.2, 0.25) is 0 Å². The predicted octanol–water partition coefficient (Wildman–Crippen LogP) is 2.92. The van der Waals surface area contributed by atoms with Crippen molar-refractivity contribution < 1.29 is 28.7 Å². The molecule has 6 amide bonds. The number of benzene rings is 2. The van der Waals surface area contributed by atoms with Gasteiger partial charge >= 0.3 is 12.1 Å². The van der Waals surface area contributed by atoms with Crippen LogP contribution in [0.15, 0.2) is 42.5 Å². The first kappa shape index (κ1) is 24.1. The number of carbonyl (C=O) groups excluding carboxylic acids is 4. The highest BCUT2D eigenvalue weighted by atomic mass is 16.5. The maximum absolute atomic E-state index is 13.3. The Morgan fingerprint density at radius 3 is 2.57 bits per heavy atom. The molecule has 0 radical (unpaired) electrons. The van der Waals surface area contributed by atoms with Gasteiger partial charge in [0.15, 0.2) is 11.5 Å². The van der Waals surface area contributed by atoms with E-state index in [2.05, 4.69) is 16.0 Å². The van der Waals surface area contributed by atoms with E-state index in [-0.39, 0.29) is 0 Å². The molecule has 1 heterocycles. The van der Waals surface area contributed by atoms with Gasteiger partial charge in [-0.1, -0.05) is 24.3 Å². The molecule has 0 saturated carbocycles. The molecule has 1 fully saturated rings. The summed E-state index contributed by atoms with van der Waals surface area (Å²) in [5.41, 5.74) is 0.965. The molecular weight excluding hydrogens is 452 g/mol. The second kappa shape index (κ2) is 10.0. The van der Waals surface area contributed by atoms with Crippen LogP contribution in [0.4, 0.5) is 15.3 Å². The van der Waals surface area contributed by atoms with E-state index in [1.54, 1.807) is 18.2 Å². The number of carbonyl (C=O) groups is 4. The van der Waals surface area contributed by atoms with Crippen molar-refractivity contribution in [2.24, 2.45) is 0 Å². The van der Waals surface area contributed by atoms with Gasteiger partial charge < -0.3 is 20.1 Å². The van der Waals surface area contributed by atoms with Crippen LogP contribution in [-0.2, 0) is 21.5 Å². The Labute approximate surface area is 203 Å². The number of nitrogens with zero attached hydrogens (tertiary/aromatic N) is 1. The standard InChI is InChI=1S/C25H28N4O6/c1-3-34-19-12-11-17(14-20(19)35-4-2)26-23(32)27-21(30)15-29-22(31)25(28-24(29)33)13-7-9-16-8-5-6-10-18(16)25/h5-6,8,10-12,14H,3-4,7,9,13,15H2,1-2H3,(H,28,33)(H2,26,27,30,32)/t25-/m1/s1. The topological polar surface area (TPSA) is 126 Å². The van der Waals surface area contributed by atoms with Crippen LogP contribution >= 0.6 is 0 Å². The third kappa shape index (κ3) is 4.77. The molecule has 10 nitrogen and oxygen atoms in total. The first-order chi connectivity index (χ1) is 16.9. The largest absolute Gasteiger partial charge is 0.490 e. The van der Waals surface area contributed by atoms with E-state index in [1.165, 1.54) is 0 Å². The minimum absolute atomic E-state index is 0.384. The van der Waals surface area contributed by atoms with Crippen LogP contribution in [0.3, 0.4) is 0 Å². The zero-order valence-corrected chi connectivity index (χ0v) is 19.7. The van der Waals surface area contributed by atoms with Crippen molar-refractivity contribution in [2.45, 2.75) is 38.6 Å². The number of aryl methyl sites for hydroxylation is 1. The number of amides is 6. The smallest absolute Gasteiger partial charge is 0.325 e. The zero-order valence-electron chi connectivity index (χ0n) is 19.7. The lowest BCUT2D eigenvalue weighted by Gasteiger charge is -2.33. The van der Waals surface area contributed by atoms with Crippen molar-refractivity contribution in [1.29, 1.82) is 0 Å². The summed E-state index contributed by atoms with van der Waals surface area (Å²) in [4.78, 5) is 51.7. The number of urea groups is 2. The molecule has 1 aliphatic heterocycles. The highest BCUT2D eigenvalue weighted by Gasteiger charge is 2.54. The van der Waals surface area contributed by atoms with Crippen LogP contribution in [0, 0.1) is 0 Å². The summed E-state index contributed by atoms with van der Waals surface area (Å²) < 4.78 is 11.0. The Hall–Kier alpha value is -4.08. The summed E-state index contributed by atoms with van der Waals surface area (Å²) >= 11 is 0. The first-order valence-electron chi connectivity index (χ1n) is 11.6. The monoisotopic (exact) mass is 480 g/mol. The molecular formula is C25H28N4O6. The van der Waals surface area contributed by atoms with E-state index in [4.69, 9.17) is 9.47 Å². The number of ether oxygens (including phenoxy) is 2. The maximum atomic E-state index is 13.3. The Balaban J connectivity index is 1.40. The minimum Gasteiger partial charge on any atom is -0.490 e. The van der Waals surface area contributed by atoms with E-state index in [0.29, 0.717) is 36.8 Å². The van der Waals surface area contributed by atoms with Gasteiger partial charge in [-0.25, -0.2) is 9.59 Å². The number of imide groups is 2. The fraction of sp³-hybridized carbons (Fsp3) is 0.360. The Morgan fingerprint density at radius 2 is 1.80 bits per heavy atom. The van der Waals surface area contributed by atoms with Gasteiger partial charge in [-0.15, -0.1) is 0 Å². The fourth-order valence-electron chi connectivity index (χ4n) is 4.56. The van der Waals surface area contributed by atoms with Crippen molar-refractivity contribution in [2.75, 3.05) is 25.1 Å². The average Bonchev–Trinajstić information content (AvgIpc) is 3.06. The van der Waals surface area contributed by atoms with Gasteiger partial charge in [-0.05, 0) is 56.4 Å². The predicted molar refractivity (Wildman–Crippen MR) is 127 cm³/mol. The molecule has 0 aromatic heterocycles. The van der Waals surface area contributed by atoms with Crippen molar-refractivity contribution in [3.63, 3.8) is 0 Å². The number of anilines is 1. The SMILES string of the molecule is CCOc1ccc(NC(=O)NC(=O)CN2C(=O)N[C@@]3(CCCc4ccccc43)C2=O)cc1OCC. The molecule has 2 aliphatic rings. The number of hydrogen-bond acceptors (Lipinski definition) is 6. The van der Waals surface area contributed by atoms with Gasteiger partial charge in [0.2, 0.25) is 5.91 Å². The maximum Gasteiger partial charge on any atom is 0.325 e. The van der Waals surface area contributed by atoms with Crippen molar-refractivity contribution in [3.05, 3.63) is 53.6 Å². The van der Waals surface area contributed by atoms with Crippen LogP contribution in [0.25, 0.3) is 0 Å². The van der Waals surface area contributed by atoms with Crippen LogP contribution in [0.1, 0.15) is 37.8 Å². The molecule has 1 atom stereocenters. The van der Waals surface area contributed by atoms with E-state index < -0.39 is 36.0 Å². The Bertz CT molecular complexity index is 1170. The van der Waals surface area contributed by atoms with Gasteiger partial charge in [-0.2, -0.15) is 0 Å². The molecule has 184 valence electrons. The Morgan fingerprint density at radius 1 is 1.06 bits per heavy atom. The minimum atomic E-state index is -1.17. The van der Waals surface area contributed by atoms with Gasteiger partial charge in [0.25, 0.3) is 5.91 Å². The second-order valence-corrected chi connectivity index (χ2v) is 8.27. The third-order valence-electron chi connectivity index (χ3n) is 6.01. The lowest BCUT2D eigenvalue weighted by atomic mass is 9.76. The summed E-state index contributed by atoms with van der Waals surface area (Å²) in [6.07, 6.45) is 2.00. The normalized spacial score (nSPS) is 18.6. The molecule has 1 saturated heterocycles. The third-order valence-corrected chi connectivity index (χ3v) is 6.01. The molecule has 0 unspecified atom stereocenters. The summed E-state index contributed by atoms with van der Waals surface area (Å²) in [5, 5.41) is 7.50. The summed E-state index contributed by atoms with van der Waals surface area (Å²) in [7, 11) is 0. The van der Waals surface area contributed by atoms with Gasteiger partial charge in [0.1, 0.15) is 12.1 Å². The lowest BCUT2D eigenvalue weighted by Crippen LogP contribution is -2.47. The molecule has 4 rings (SSSR count). The second-order valence-electron chi connectivity index (χ2n) is 8.27. The van der Waals surface area contributed by atoms with Crippen molar-refractivity contribution in [1.82, 2.24) is 15.5 Å². The van der Waals surface area contributed by atoms with E-state index in [9.17, 15) is 19.2 Å². The molecule has 35 heavy (non-hydrogen) atoms. The molecule has 0 bridgehead atoms. The van der Waals surface area contributed by atoms with E-state index in [1.807, 2.05) is 38.1 Å². The number of nitrogens with one attached hydrogen (secondary N) is 3. The zero-order chi connectivity index (χ0) is 25.0. The highest BCUT2D eigenvalue weighted by Crippen LogP contribution is 2.39. The average molecular weight is 481 g/mol. The molecule has 10 heteroatoms. The fourth-order valence-corrected chi connectivity index (χ4v) is 4.56. The van der Waals surface area contributed by atoms with Crippen LogP contribution in [0.5, 0.6) is 11.5 Å². The molecule has 2 aromatic rings. The van der Waals surface area contributed by atoms with Gasteiger partial charge in [0.05, 0.1) is 13.2 Å². The van der Waals surface area contributed by atoms with Crippen molar-refractivity contribution >= 4 is 29.6 Å². The lowest BCUT2D eigenvalue weighted by molar-refractivity contribution is -0.135. The highest BCUT2D eigenvalue weighted by molar-refractivity contribution is 6.11. The van der Waals surface area contributed by atoms with Gasteiger partial charge in [0, 0.05) is 11.8 Å². The summed E-state index contributed by atoms with van der Waals surface area (Å²) in [6.45, 7) is 3.97. The van der Waals surface area contributed by atoms with E-state index >= 15 is 0 Å². The van der Waals surface area contributed by atoms with E-state index in [0.717, 1.165) is 28.9 Å². The molecule has 2 aromatic carbocycles. The van der Waals surface area contributed by atoms with Crippen LogP contribution in [-0.4, -0.2) is 48.5 Å². The number of rotatable bonds is 7. The van der Waals surface area contributed by atoms with Crippen molar-refractivity contribution in [3.8, 4) is 11.5 Å². The first-order valence-corrected chi connectivity index (χ1v) is 11.6. The quantitative estimate of drug-likeness (QED) is 0.523. The Kier molecular flexibility index (Phi) is 6.90. The van der Waals surface area contributed by atoms with Gasteiger partial charge in [-0.3, -0.25) is 19.8 Å². The van der Waals surface area contributed by atoms with Crippen LogP contribution < -0.4 is 25.4 Å². The summed E-state index contributed by atoms with van der Waals surface area (Å²) in [5.74, 6) is -0.287. The number of fused-ring (bicyclic) bond motifs is 2. The molecule has 1 spiro atoms. The molecule has 3 N–H and O–H groups in total. The summed E-state index contributed by atoms with van der Waals surface area (Å²) in [6, 6.07) is 10.9. The molecule has 1 aliphatic carbocycles.